The number of fused-ring (bicyclic) bond motifs is 1. The van der Waals surface area contributed by atoms with Crippen LogP contribution in [0, 0.1) is 0 Å². The van der Waals surface area contributed by atoms with E-state index in [1.807, 2.05) is 6.92 Å². The van der Waals surface area contributed by atoms with Gasteiger partial charge in [-0.25, -0.2) is 4.79 Å². The molecule has 0 saturated carbocycles. The van der Waals surface area contributed by atoms with Crippen LogP contribution in [0.2, 0.25) is 0 Å². The molecule has 1 unspecified atom stereocenters. The molecule has 1 amide bonds. The highest BCUT2D eigenvalue weighted by Gasteiger charge is 2.33. The lowest BCUT2D eigenvalue weighted by molar-refractivity contribution is -0.910. The van der Waals surface area contributed by atoms with Crippen LogP contribution >= 0.6 is 22.7 Å². The summed E-state index contributed by atoms with van der Waals surface area (Å²) in [5, 5.41) is 5.81. The van der Waals surface area contributed by atoms with Crippen LogP contribution in [0.15, 0.2) is 17.5 Å². The van der Waals surface area contributed by atoms with Crippen molar-refractivity contribution in [3.63, 3.8) is 0 Å². The highest BCUT2D eigenvalue weighted by atomic mass is 32.1. The Bertz CT molecular complexity index is 829. The highest BCUT2D eigenvalue weighted by molar-refractivity contribution is 7.17. The third kappa shape index (κ3) is 3.81. The number of quaternary nitrogens is 1. The van der Waals surface area contributed by atoms with E-state index in [2.05, 4.69) is 22.8 Å². The van der Waals surface area contributed by atoms with Gasteiger partial charge in [-0.05, 0) is 43.2 Å². The van der Waals surface area contributed by atoms with E-state index in [1.165, 1.54) is 14.7 Å². The number of carbonyl (C=O) groups excluding carboxylic acids is 2. The molecule has 144 valence electrons. The number of ether oxygens (including phenoxy) is 1. The van der Waals surface area contributed by atoms with Crippen LogP contribution in [0.4, 0.5) is 5.00 Å². The summed E-state index contributed by atoms with van der Waals surface area (Å²) in [4.78, 5) is 29.1. The number of nitrogens with one attached hydrogen (secondary N) is 2. The van der Waals surface area contributed by atoms with E-state index in [4.69, 9.17) is 4.74 Å². The molecule has 2 atom stereocenters. The van der Waals surface area contributed by atoms with E-state index in [1.54, 1.807) is 22.7 Å². The first-order valence-electron chi connectivity index (χ1n) is 9.66. The minimum Gasteiger partial charge on any atom is -0.462 e. The fraction of sp³-hybridized carbons (Fsp3) is 0.500. The molecule has 5 nitrogen and oxygen atoms in total. The van der Waals surface area contributed by atoms with Gasteiger partial charge in [0, 0.05) is 17.7 Å². The Morgan fingerprint density at radius 1 is 1.33 bits per heavy atom. The Hall–Kier alpha value is -1.70. The summed E-state index contributed by atoms with van der Waals surface area (Å²) in [5.41, 5.74) is 1.67. The summed E-state index contributed by atoms with van der Waals surface area (Å²) in [7, 11) is 0. The van der Waals surface area contributed by atoms with Gasteiger partial charge in [-0.1, -0.05) is 6.07 Å². The van der Waals surface area contributed by atoms with Crippen molar-refractivity contribution in [2.45, 2.75) is 45.1 Å². The second kappa shape index (κ2) is 8.12. The molecule has 0 spiro atoms. The SMILES string of the molecule is CCOC(=O)c1c(NC(=O)C[NH+]2CCC[C@@H]2c2cccs2)sc2c1CCC2. The van der Waals surface area contributed by atoms with Gasteiger partial charge in [0.15, 0.2) is 6.54 Å². The number of esters is 1. The average molecular weight is 406 g/mol. The maximum absolute atomic E-state index is 12.8. The number of hydrogen-bond acceptors (Lipinski definition) is 5. The van der Waals surface area contributed by atoms with Crippen molar-refractivity contribution in [3.8, 4) is 0 Å². The minimum atomic E-state index is -0.308. The van der Waals surface area contributed by atoms with Crippen molar-refractivity contribution in [3.05, 3.63) is 38.4 Å². The van der Waals surface area contributed by atoms with Crippen LogP contribution in [-0.4, -0.2) is 31.6 Å². The largest absolute Gasteiger partial charge is 0.462 e. The maximum atomic E-state index is 12.8. The summed E-state index contributed by atoms with van der Waals surface area (Å²) < 4.78 is 5.25. The third-order valence-corrected chi connectivity index (χ3v) is 7.60. The number of thiophene rings is 2. The van der Waals surface area contributed by atoms with E-state index >= 15 is 0 Å². The molecular formula is C20H25N2O3S2+. The van der Waals surface area contributed by atoms with Gasteiger partial charge < -0.3 is 15.0 Å². The Balaban J connectivity index is 1.48. The molecule has 0 radical (unpaired) electrons. The van der Waals surface area contributed by atoms with Gasteiger partial charge in [-0.3, -0.25) is 4.79 Å². The van der Waals surface area contributed by atoms with E-state index in [0.717, 1.165) is 44.2 Å². The molecule has 0 bridgehead atoms. The molecule has 2 aromatic rings. The second-order valence-electron chi connectivity index (χ2n) is 7.13. The van der Waals surface area contributed by atoms with Gasteiger partial charge in [-0.15, -0.1) is 22.7 Å². The second-order valence-corrected chi connectivity index (χ2v) is 9.21. The number of hydrogen-bond donors (Lipinski definition) is 2. The van der Waals surface area contributed by atoms with E-state index in [-0.39, 0.29) is 11.9 Å². The predicted molar refractivity (Wildman–Crippen MR) is 108 cm³/mol. The van der Waals surface area contributed by atoms with Gasteiger partial charge in [0.1, 0.15) is 11.0 Å². The molecule has 1 aliphatic heterocycles. The van der Waals surface area contributed by atoms with E-state index < -0.39 is 0 Å². The number of rotatable bonds is 6. The van der Waals surface area contributed by atoms with Crippen LogP contribution in [0.25, 0.3) is 0 Å². The molecule has 2 N–H and O–H groups in total. The van der Waals surface area contributed by atoms with Crippen LogP contribution in [-0.2, 0) is 22.4 Å². The summed E-state index contributed by atoms with van der Waals surface area (Å²) in [5.74, 6) is -0.323. The fourth-order valence-corrected chi connectivity index (χ4v) is 6.46. The third-order valence-electron chi connectivity index (χ3n) is 5.41. The molecule has 4 rings (SSSR count). The van der Waals surface area contributed by atoms with Crippen LogP contribution < -0.4 is 10.2 Å². The molecule has 7 heteroatoms. The minimum absolute atomic E-state index is 0.0149. The lowest BCUT2D eigenvalue weighted by atomic mass is 10.1. The maximum Gasteiger partial charge on any atom is 0.341 e. The lowest BCUT2D eigenvalue weighted by Gasteiger charge is -2.20. The number of anilines is 1. The molecule has 2 aromatic heterocycles. The van der Waals surface area contributed by atoms with Crippen LogP contribution in [0.1, 0.15) is 57.9 Å². The smallest absolute Gasteiger partial charge is 0.341 e. The molecule has 3 heterocycles. The summed E-state index contributed by atoms with van der Waals surface area (Å²) in [6.45, 7) is 3.61. The average Bonchev–Trinajstić information content (AvgIpc) is 3.39. The highest BCUT2D eigenvalue weighted by Crippen LogP contribution is 2.39. The molecule has 1 aliphatic carbocycles. The molecule has 27 heavy (non-hydrogen) atoms. The Kier molecular flexibility index (Phi) is 5.61. The standard InChI is InChI=1S/C20H24N2O3S2/c1-2-25-20(24)18-13-6-3-8-15(13)27-19(18)21-17(23)12-22-10-4-7-14(22)16-9-5-11-26-16/h5,9,11,14H,2-4,6-8,10,12H2,1H3,(H,21,23)/p+1/t14-/m1/s1. The molecule has 0 aromatic carbocycles. The zero-order valence-electron chi connectivity index (χ0n) is 15.5. The zero-order valence-corrected chi connectivity index (χ0v) is 17.1. The first kappa shape index (κ1) is 18.7. The van der Waals surface area contributed by atoms with E-state index in [9.17, 15) is 9.59 Å². The zero-order chi connectivity index (χ0) is 18.8. The Labute approximate surface area is 167 Å². The normalized spacial score (nSPS) is 21.2. The number of amides is 1. The number of aryl methyl sites for hydroxylation is 1. The molecule has 2 aliphatic rings. The van der Waals surface area contributed by atoms with Crippen molar-refractivity contribution in [1.82, 2.24) is 0 Å². The first-order valence-corrected chi connectivity index (χ1v) is 11.4. The summed E-state index contributed by atoms with van der Waals surface area (Å²) in [6.07, 6.45) is 5.23. The topological polar surface area (TPSA) is 59.8 Å². The number of carbonyl (C=O) groups is 2. The Morgan fingerprint density at radius 3 is 3.00 bits per heavy atom. The predicted octanol–water partition coefficient (Wildman–Crippen LogP) is 2.83. The quantitative estimate of drug-likeness (QED) is 0.727. The molecule has 1 saturated heterocycles. The van der Waals surface area contributed by atoms with Crippen LogP contribution in [0.3, 0.4) is 0 Å². The van der Waals surface area contributed by atoms with Crippen molar-refractivity contribution >= 4 is 39.6 Å². The van der Waals surface area contributed by atoms with Gasteiger partial charge in [0.25, 0.3) is 5.91 Å². The van der Waals surface area contributed by atoms with Gasteiger partial charge >= 0.3 is 5.97 Å². The van der Waals surface area contributed by atoms with Crippen molar-refractivity contribution in [2.75, 3.05) is 25.0 Å². The monoisotopic (exact) mass is 405 g/mol. The van der Waals surface area contributed by atoms with Gasteiger partial charge in [0.2, 0.25) is 0 Å². The van der Waals surface area contributed by atoms with Gasteiger partial charge in [0.05, 0.1) is 23.6 Å². The van der Waals surface area contributed by atoms with E-state index in [0.29, 0.717) is 29.8 Å². The molecule has 1 fully saturated rings. The van der Waals surface area contributed by atoms with Gasteiger partial charge in [-0.2, -0.15) is 0 Å². The number of likely N-dealkylation sites (tertiary alicyclic amines) is 1. The first-order chi connectivity index (χ1) is 13.2. The van der Waals surface area contributed by atoms with Crippen molar-refractivity contribution in [1.29, 1.82) is 0 Å². The summed E-state index contributed by atoms with van der Waals surface area (Å²) in [6, 6.07) is 4.66. The lowest BCUT2D eigenvalue weighted by Crippen LogP contribution is -3.11. The fourth-order valence-electron chi connectivity index (χ4n) is 4.24. The van der Waals surface area contributed by atoms with Crippen LogP contribution in [0.5, 0.6) is 0 Å². The Morgan fingerprint density at radius 2 is 2.22 bits per heavy atom. The van der Waals surface area contributed by atoms with Crippen molar-refractivity contribution in [2.24, 2.45) is 0 Å². The molecular weight excluding hydrogens is 380 g/mol. The summed E-state index contributed by atoms with van der Waals surface area (Å²) >= 11 is 3.32. The van der Waals surface area contributed by atoms with Crippen molar-refractivity contribution < 1.29 is 19.2 Å².